The molecule has 11 heteroatoms. The van der Waals surface area contributed by atoms with E-state index in [9.17, 15) is 9.59 Å². The third-order valence-corrected chi connectivity index (χ3v) is 5.78. The molecule has 2 amide bonds. The minimum Gasteiger partial charge on any atom is -0.450 e. The first-order valence-corrected chi connectivity index (χ1v) is 10.8. The highest BCUT2D eigenvalue weighted by Gasteiger charge is 2.30. The number of amides is 2. The van der Waals surface area contributed by atoms with Crippen molar-refractivity contribution in [2.75, 3.05) is 37.7 Å². The fourth-order valence-electron chi connectivity index (χ4n) is 4.10. The fourth-order valence-corrected chi connectivity index (χ4v) is 4.10. The van der Waals surface area contributed by atoms with Crippen LogP contribution in [0, 0.1) is 5.92 Å². The zero-order chi connectivity index (χ0) is 21.6. The van der Waals surface area contributed by atoms with Gasteiger partial charge < -0.3 is 19.9 Å². The third kappa shape index (κ3) is 5.09. The van der Waals surface area contributed by atoms with Gasteiger partial charge in [0, 0.05) is 38.3 Å². The van der Waals surface area contributed by atoms with Crippen LogP contribution in [-0.2, 0) is 9.53 Å². The molecule has 4 heterocycles. The highest BCUT2D eigenvalue weighted by Crippen LogP contribution is 2.23. The van der Waals surface area contributed by atoms with Crippen molar-refractivity contribution in [2.45, 2.75) is 38.6 Å². The molecular formula is C20H28N8O3. The maximum absolute atomic E-state index is 12.9. The summed E-state index contributed by atoms with van der Waals surface area (Å²) >= 11 is 0. The Morgan fingerprint density at radius 2 is 1.94 bits per heavy atom. The summed E-state index contributed by atoms with van der Waals surface area (Å²) in [6.45, 7) is 4.84. The van der Waals surface area contributed by atoms with Crippen molar-refractivity contribution in [3.63, 3.8) is 0 Å². The number of carbonyl (C=O) groups is 2. The van der Waals surface area contributed by atoms with Crippen LogP contribution in [0.4, 0.5) is 10.6 Å². The smallest absolute Gasteiger partial charge is 0.409 e. The summed E-state index contributed by atoms with van der Waals surface area (Å²) in [6.07, 6.45) is 7.54. The molecule has 1 atom stereocenters. The predicted molar refractivity (Wildman–Crippen MR) is 112 cm³/mol. The molecule has 1 N–H and O–H groups in total. The second-order valence-corrected chi connectivity index (χ2v) is 7.83. The number of anilines is 1. The van der Waals surface area contributed by atoms with Gasteiger partial charge >= 0.3 is 6.09 Å². The lowest BCUT2D eigenvalue weighted by atomic mass is 9.95. The molecule has 2 aromatic heterocycles. The van der Waals surface area contributed by atoms with Crippen molar-refractivity contribution in [3.05, 3.63) is 25.0 Å². The van der Waals surface area contributed by atoms with Crippen LogP contribution in [0.5, 0.6) is 0 Å². The molecule has 0 spiro atoms. The molecule has 0 aromatic carbocycles. The largest absolute Gasteiger partial charge is 0.450 e. The highest BCUT2D eigenvalue weighted by atomic mass is 16.6. The molecule has 2 fully saturated rings. The summed E-state index contributed by atoms with van der Waals surface area (Å²) in [6, 6.07) is 1.95. The van der Waals surface area contributed by atoms with Crippen molar-refractivity contribution in [3.8, 4) is 5.82 Å². The van der Waals surface area contributed by atoms with Crippen molar-refractivity contribution in [2.24, 2.45) is 5.92 Å². The van der Waals surface area contributed by atoms with E-state index in [1.165, 1.54) is 12.7 Å². The van der Waals surface area contributed by atoms with Crippen molar-refractivity contribution >= 4 is 17.8 Å². The Morgan fingerprint density at radius 1 is 1.13 bits per heavy atom. The van der Waals surface area contributed by atoms with Gasteiger partial charge in [-0.2, -0.15) is 5.10 Å². The zero-order valence-electron chi connectivity index (χ0n) is 17.7. The Labute approximate surface area is 180 Å². The predicted octanol–water partition coefficient (Wildman–Crippen LogP) is 1.01. The lowest BCUT2D eigenvalue weighted by Gasteiger charge is -2.35. The van der Waals surface area contributed by atoms with Crippen molar-refractivity contribution < 1.29 is 14.3 Å². The first kappa shape index (κ1) is 21.0. The molecular weight excluding hydrogens is 400 g/mol. The summed E-state index contributed by atoms with van der Waals surface area (Å²) in [5.74, 6) is 1.40. The number of piperidine rings is 2. The summed E-state index contributed by atoms with van der Waals surface area (Å²) in [4.78, 5) is 41.2. The molecule has 0 aliphatic carbocycles. The van der Waals surface area contributed by atoms with E-state index in [1.807, 2.05) is 6.07 Å². The second kappa shape index (κ2) is 9.71. The van der Waals surface area contributed by atoms with Crippen LogP contribution in [-0.4, -0.2) is 80.5 Å². The summed E-state index contributed by atoms with van der Waals surface area (Å²) in [7, 11) is 0. The Morgan fingerprint density at radius 3 is 2.68 bits per heavy atom. The topological polar surface area (TPSA) is 118 Å². The molecule has 11 nitrogen and oxygen atoms in total. The van der Waals surface area contributed by atoms with Crippen LogP contribution in [0.2, 0.25) is 0 Å². The van der Waals surface area contributed by atoms with Gasteiger partial charge in [0.05, 0.1) is 12.5 Å². The zero-order valence-corrected chi connectivity index (χ0v) is 17.7. The van der Waals surface area contributed by atoms with Gasteiger partial charge in [0.15, 0.2) is 5.82 Å². The molecule has 166 valence electrons. The lowest BCUT2D eigenvalue weighted by Crippen LogP contribution is -2.50. The molecule has 2 saturated heterocycles. The van der Waals surface area contributed by atoms with Crippen LogP contribution >= 0.6 is 0 Å². The summed E-state index contributed by atoms with van der Waals surface area (Å²) < 4.78 is 6.64. The maximum atomic E-state index is 12.9. The van der Waals surface area contributed by atoms with Crippen molar-refractivity contribution in [1.29, 1.82) is 0 Å². The van der Waals surface area contributed by atoms with E-state index in [1.54, 1.807) is 22.8 Å². The Bertz CT molecular complexity index is 882. The van der Waals surface area contributed by atoms with Crippen LogP contribution in [0.1, 0.15) is 32.6 Å². The number of aromatic nitrogens is 5. The number of rotatable bonds is 5. The van der Waals surface area contributed by atoms with Crippen LogP contribution < -0.4 is 10.2 Å². The maximum Gasteiger partial charge on any atom is 0.409 e. The first-order chi connectivity index (χ1) is 15.1. The molecule has 0 saturated carbocycles. The molecule has 0 bridgehead atoms. The van der Waals surface area contributed by atoms with Crippen molar-refractivity contribution in [1.82, 2.24) is 34.9 Å². The molecule has 31 heavy (non-hydrogen) atoms. The molecule has 2 aliphatic heterocycles. The van der Waals surface area contributed by atoms with E-state index in [0.29, 0.717) is 32.1 Å². The van der Waals surface area contributed by atoms with E-state index >= 15 is 0 Å². The molecule has 0 radical (unpaired) electrons. The van der Waals surface area contributed by atoms with E-state index in [4.69, 9.17) is 4.74 Å². The fraction of sp³-hybridized carbons (Fsp3) is 0.600. The lowest BCUT2D eigenvalue weighted by molar-refractivity contribution is -0.126. The standard InChI is InChI=1S/C20H28N8O3/c1-2-31-20(30)26-8-5-16(6-9-26)25-19(29)15-4-3-7-27(11-15)17-10-18(23-13-22-17)28-14-21-12-24-28/h10,12-16H,2-9,11H2,1H3,(H,25,29)/t15-/m0/s1. The van der Waals surface area contributed by atoms with Crippen LogP contribution in [0.3, 0.4) is 0 Å². The van der Waals surface area contributed by atoms with E-state index in [-0.39, 0.29) is 24.0 Å². The Kier molecular flexibility index (Phi) is 6.58. The van der Waals surface area contributed by atoms with Gasteiger partial charge in [0.1, 0.15) is 24.8 Å². The minimum absolute atomic E-state index is 0.0739. The SMILES string of the molecule is CCOC(=O)N1CCC(NC(=O)[C@H]2CCCN(c3cc(-n4cncn4)ncn3)C2)CC1. The number of ether oxygens (including phenoxy) is 1. The minimum atomic E-state index is -0.273. The summed E-state index contributed by atoms with van der Waals surface area (Å²) in [5, 5.41) is 7.29. The quantitative estimate of drug-likeness (QED) is 0.750. The van der Waals surface area contributed by atoms with Gasteiger partial charge in [-0.3, -0.25) is 4.79 Å². The highest BCUT2D eigenvalue weighted by molar-refractivity contribution is 5.80. The van der Waals surface area contributed by atoms with E-state index in [2.05, 4.69) is 30.3 Å². The average molecular weight is 428 g/mol. The first-order valence-electron chi connectivity index (χ1n) is 10.8. The van der Waals surface area contributed by atoms with E-state index in [0.717, 1.165) is 38.0 Å². The van der Waals surface area contributed by atoms with Gasteiger partial charge in [-0.05, 0) is 32.6 Å². The number of nitrogens with one attached hydrogen (secondary N) is 1. The monoisotopic (exact) mass is 428 g/mol. The number of hydrogen-bond acceptors (Lipinski definition) is 8. The molecule has 2 aliphatic rings. The summed E-state index contributed by atoms with van der Waals surface area (Å²) in [5.41, 5.74) is 0. The van der Waals surface area contributed by atoms with Crippen LogP contribution in [0.15, 0.2) is 25.0 Å². The Balaban J connectivity index is 1.31. The van der Waals surface area contributed by atoms with Gasteiger partial charge in [-0.15, -0.1) is 0 Å². The van der Waals surface area contributed by atoms with Gasteiger partial charge in [0.2, 0.25) is 5.91 Å². The average Bonchev–Trinajstić information content (AvgIpc) is 3.35. The van der Waals surface area contributed by atoms with Crippen LogP contribution in [0.25, 0.3) is 5.82 Å². The van der Waals surface area contributed by atoms with Gasteiger partial charge in [-0.1, -0.05) is 0 Å². The third-order valence-electron chi connectivity index (χ3n) is 5.78. The molecule has 2 aromatic rings. The number of likely N-dealkylation sites (tertiary alicyclic amines) is 1. The Hall–Kier alpha value is -3.24. The van der Waals surface area contributed by atoms with Gasteiger partial charge in [0.25, 0.3) is 0 Å². The normalized spacial score (nSPS) is 19.8. The number of nitrogens with zero attached hydrogens (tertiary/aromatic N) is 7. The molecule has 4 rings (SSSR count). The van der Waals surface area contributed by atoms with E-state index < -0.39 is 0 Å². The van der Waals surface area contributed by atoms with Gasteiger partial charge in [-0.25, -0.2) is 24.4 Å². The number of hydrogen-bond donors (Lipinski definition) is 1. The second-order valence-electron chi connectivity index (χ2n) is 7.83. The molecule has 0 unspecified atom stereocenters. The number of carbonyl (C=O) groups excluding carboxylic acids is 2.